The minimum atomic E-state index is -5.41. The molecule has 0 aromatic heterocycles. The Morgan fingerprint density at radius 1 is 0.261 bits per heavy atom. The number of hydrogen-bond acceptors (Lipinski definition) is 0. The third-order valence-electron chi connectivity index (χ3n) is 6.57. The first-order chi connectivity index (χ1) is 21.0. The van der Waals surface area contributed by atoms with Gasteiger partial charge in [-0.25, -0.2) is 65.9 Å². The quantitative estimate of drug-likeness (QED) is 0.128. The van der Waals surface area contributed by atoms with Crippen LogP contribution in [0.4, 0.5) is 65.9 Å². The van der Waals surface area contributed by atoms with Gasteiger partial charge in [-0.05, 0) is 64.2 Å². The fraction of sp³-hybridized carbons (Fsp3) is 0.0345. The number of hydrogen-bond donors (Lipinski definition) is 0. The van der Waals surface area contributed by atoms with E-state index >= 15 is 0 Å². The van der Waals surface area contributed by atoms with Crippen LogP contribution in [0, 0.1) is 151 Å². The Morgan fingerprint density at radius 2 is 0.370 bits per heavy atom. The monoisotopic (exact) mass is 684 g/mol. The second-order valence-corrected chi connectivity index (χ2v) is 9.17. The van der Waals surface area contributed by atoms with Crippen LogP contribution in [0.15, 0.2) is 0 Å². The predicted octanol–water partition coefficient (Wildman–Crippen LogP) is 6.54. The van der Waals surface area contributed by atoms with Gasteiger partial charge in [0.15, 0.2) is 52.4 Å². The van der Waals surface area contributed by atoms with Crippen molar-refractivity contribution in [1.82, 2.24) is 0 Å². The van der Waals surface area contributed by atoms with Crippen molar-refractivity contribution in [2.75, 3.05) is 0 Å². The number of rotatable bonds is 3. The van der Waals surface area contributed by atoms with E-state index in [1.165, 1.54) is 0 Å². The molecule has 2 aliphatic rings. The summed E-state index contributed by atoms with van der Waals surface area (Å²) in [5, 5.41) is 0. The summed E-state index contributed by atoms with van der Waals surface area (Å²) in [4.78, 5) is 0. The first kappa shape index (κ1) is 39.4. The molecular weight excluding hydrogens is 671 g/mol. The van der Waals surface area contributed by atoms with Crippen molar-refractivity contribution in [3.8, 4) is 0 Å². The molecule has 2 saturated carbocycles. The van der Waals surface area contributed by atoms with Gasteiger partial charge in [-0.3, -0.25) is 0 Å². The first-order valence-electron chi connectivity index (χ1n) is 12.1. The van der Waals surface area contributed by atoms with Crippen LogP contribution < -0.4 is 16.4 Å². The van der Waals surface area contributed by atoms with Gasteiger partial charge < -0.3 is 0 Å². The maximum Gasteiger partial charge on any atom is 3.00 e. The van der Waals surface area contributed by atoms with Crippen molar-refractivity contribution in [1.29, 1.82) is 0 Å². The van der Waals surface area contributed by atoms with Gasteiger partial charge >= 0.3 is 17.4 Å². The topological polar surface area (TPSA) is 0 Å². The van der Waals surface area contributed by atoms with Gasteiger partial charge in [0.2, 0.25) is 0 Å². The Hall–Kier alpha value is -2.79. The third kappa shape index (κ3) is 7.05. The summed E-state index contributed by atoms with van der Waals surface area (Å²) in [6, 6.07) is 0. The minimum absolute atomic E-state index is 0. The van der Waals surface area contributed by atoms with Crippen LogP contribution in [0.2, 0.25) is 6.82 Å². The van der Waals surface area contributed by atoms with Gasteiger partial charge in [0, 0.05) is 0 Å². The molecule has 0 bridgehead atoms. The van der Waals surface area contributed by atoms with E-state index in [4.69, 9.17) is 0 Å². The van der Waals surface area contributed by atoms with Crippen LogP contribution >= 0.6 is 0 Å². The number of halogens is 15. The molecular formula is C29H13AlBF15+2. The normalized spacial score (nSPS) is 14.3. The summed E-state index contributed by atoms with van der Waals surface area (Å²) in [5.41, 5.74) is -7.89. The van der Waals surface area contributed by atoms with Crippen LogP contribution in [0.3, 0.4) is 0 Å². The fourth-order valence-electron chi connectivity index (χ4n) is 4.46. The molecule has 0 heterocycles. The molecule has 2 fully saturated rings. The first-order valence-corrected chi connectivity index (χ1v) is 12.1. The van der Waals surface area contributed by atoms with Crippen LogP contribution in [-0.4, -0.2) is 23.5 Å². The van der Waals surface area contributed by atoms with E-state index < -0.39 is 110 Å². The zero-order valence-electron chi connectivity index (χ0n) is 22.6. The molecule has 238 valence electrons. The molecule has 0 saturated heterocycles. The van der Waals surface area contributed by atoms with Crippen molar-refractivity contribution >= 4 is 39.9 Å². The Balaban J connectivity index is 0.000000565. The van der Waals surface area contributed by atoms with Gasteiger partial charge in [0.1, 0.15) is 41.0 Å². The van der Waals surface area contributed by atoms with Crippen molar-refractivity contribution in [2.24, 2.45) is 0 Å². The summed E-state index contributed by atoms with van der Waals surface area (Å²) >= 11 is 0. The van der Waals surface area contributed by atoms with E-state index in [2.05, 4.69) is 0 Å². The molecule has 3 aromatic carbocycles. The summed E-state index contributed by atoms with van der Waals surface area (Å²) in [6.45, 7) is -0.213. The second kappa shape index (κ2) is 15.9. The standard InChI is InChI=1S/C19H3BF15.2C5H5.Al/c1-20(2-5(21)11(27)17(33)12(28)6(2)22,3-7(23)13(29)18(34)14(30)8(3)24)4-9(25)15(31)19(35)16(32)10(4)26;2*1-2-4-5-3-1;/h1H3;2*1-5H;/q-1;;;+3. The SMILES string of the molecule is C[B-](c1c(F)c(F)c(F)c(F)c1F)(c1c(F)c(F)c(F)c(F)c1F)c1c(F)c(F)c(F)c(F)c1F.[Al+3].[CH]1[CH][CH][CH][CH]1.[CH]1[CH][CH][CH][CH]1. The molecule has 3 aromatic rings. The zero-order chi connectivity index (χ0) is 34.0. The van der Waals surface area contributed by atoms with Gasteiger partial charge in [0.25, 0.3) is 0 Å². The fourth-order valence-corrected chi connectivity index (χ4v) is 4.46. The van der Waals surface area contributed by atoms with Crippen LogP contribution in [0.1, 0.15) is 0 Å². The Kier molecular flexibility index (Phi) is 13.6. The summed E-state index contributed by atoms with van der Waals surface area (Å²) < 4.78 is 212. The van der Waals surface area contributed by atoms with Gasteiger partial charge in [0.05, 0.1) is 0 Å². The summed E-state index contributed by atoms with van der Waals surface area (Å²) in [7, 11) is 0. The van der Waals surface area contributed by atoms with E-state index in [-0.39, 0.29) is 24.2 Å². The van der Waals surface area contributed by atoms with Gasteiger partial charge in [-0.1, -0.05) is 0 Å². The molecule has 0 spiro atoms. The van der Waals surface area contributed by atoms with Crippen molar-refractivity contribution in [3.05, 3.63) is 151 Å². The van der Waals surface area contributed by atoms with E-state index in [0.717, 1.165) is 0 Å². The minimum Gasteiger partial charge on any atom is -0.207 e. The predicted molar refractivity (Wildman–Crippen MR) is 138 cm³/mol. The summed E-state index contributed by atoms with van der Waals surface area (Å²) in [5.74, 6) is -45.1. The van der Waals surface area contributed by atoms with Crippen molar-refractivity contribution in [3.63, 3.8) is 0 Å². The molecule has 0 amide bonds. The van der Waals surface area contributed by atoms with E-state index in [1.54, 1.807) is 0 Å². The molecule has 17 heteroatoms. The largest absolute Gasteiger partial charge is 3.00 e. The van der Waals surface area contributed by atoms with Crippen LogP contribution in [0.5, 0.6) is 0 Å². The average molecular weight is 684 g/mol. The Morgan fingerprint density at radius 3 is 0.500 bits per heavy atom. The van der Waals surface area contributed by atoms with Gasteiger partial charge in [-0.15, -0.1) is 16.4 Å². The van der Waals surface area contributed by atoms with Crippen molar-refractivity contribution < 1.29 is 65.9 Å². The molecule has 5 rings (SSSR count). The van der Waals surface area contributed by atoms with E-state index in [1.807, 2.05) is 64.2 Å². The van der Waals surface area contributed by atoms with Crippen LogP contribution in [-0.2, 0) is 0 Å². The second-order valence-electron chi connectivity index (χ2n) is 9.17. The molecule has 0 nitrogen and oxygen atoms in total. The van der Waals surface area contributed by atoms with Gasteiger partial charge in [-0.2, -0.15) is 6.82 Å². The maximum absolute atomic E-state index is 14.6. The number of benzene rings is 3. The maximum atomic E-state index is 14.6. The van der Waals surface area contributed by atoms with E-state index in [0.29, 0.717) is 0 Å². The molecule has 0 aliphatic heterocycles. The molecule has 46 heavy (non-hydrogen) atoms. The third-order valence-corrected chi connectivity index (χ3v) is 6.57. The molecule has 0 N–H and O–H groups in total. The van der Waals surface area contributed by atoms with Crippen molar-refractivity contribution in [2.45, 2.75) is 6.82 Å². The zero-order valence-corrected chi connectivity index (χ0v) is 23.8. The molecule has 0 atom stereocenters. The Labute approximate surface area is 264 Å². The average Bonchev–Trinajstić information content (AvgIpc) is 3.79. The molecule has 0 unspecified atom stereocenters. The molecule has 2 aliphatic carbocycles. The smallest absolute Gasteiger partial charge is 0.207 e. The Bertz CT molecular complexity index is 1310. The van der Waals surface area contributed by atoms with E-state index in [9.17, 15) is 65.9 Å². The van der Waals surface area contributed by atoms with Crippen LogP contribution in [0.25, 0.3) is 0 Å². The summed E-state index contributed by atoms with van der Waals surface area (Å²) in [6.07, 6.45) is 14.6. The molecule has 10 radical (unpaired) electrons.